The van der Waals surface area contributed by atoms with Gasteiger partial charge in [-0.05, 0) is 82.9 Å². The summed E-state index contributed by atoms with van der Waals surface area (Å²) in [4.78, 5) is 14.6. The monoisotopic (exact) mass is 830 g/mol. The summed E-state index contributed by atoms with van der Waals surface area (Å²) >= 11 is 0. The molecule has 7 aromatic carbocycles. The highest BCUT2D eigenvalue weighted by molar-refractivity contribution is 6.11. The van der Waals surface area contributed by atoms with Crippen molar-refractivity contribution in [1.29, 1.82) is 0 Å². The third-order valence-corrected chi connectivity index (χ3v) is 10.3. The van der Waals surface area contributed by atoms with E-state index in [2.05, 4.69) is 0 Å². The lowest BCUT2D eigenvalue weighted by atomic mass is 9.97. The summed E-state index contributed by atoms with van der Waals surface area (Å²) in [5.74, 6) is 0.927. The van der Waals surface area contributed by atoms with E-state index in [4.69, 9.17) is 15.0 Å². The summed E-state index contributed by atoms with van der Waals surface area (Å²) in [6.45, 7) is 0. The molecule has 0 radical (unpaired) electrons. The molecule has 0 fully saturated rings. The van der Waals surface area contributed by atoms with Gasteiger partial charge in [-0.2, -0.15) is 39.5 Å². The Bertz CT molecular complexity index is 3010. The standard InChI is InChI=1S/C48H27F9N4/c49-46(50,51)34-15-9-14-30(22-34)32-18-20-38(45-59-43(28-10-3-1-4-11-28)58-44(60-45)29-12-5-2-6-13-29)42(26-32)61-40-17-8-7-16-37(40)39-25-31(19-21-41(39)61)33-23-35(47(52,53)54)27-36(24-33)48(55,56)57/h1-27H. The zero-order valence-electron chi connectivity index (χ0n) is 31.3. The van der Waals surface area contributed by atoms with E-state index in [-0.39, 0.29) is 28.6 Å². The van der Waals surface area contributed by atoms with E-state index in [0.717, 1.165) is 12.1 Å². The van der Waals surface area contributed by atoms with Gasteiger partial charge in [0.1, 0.15) is 0 Å². The predicted octanol–water partition coefficient (Wildman–Crippen LogP) is 14.4. The molecule has 0 saturated heterocycles. The van der Waals surface area contributed by atoms with Gasteiger partial charge in [0.25, 0.3) is 0 Å². The number of nitrogens with zero attached hydrogens (tertiary/aromatic N) is 4. The maximum absolute atomic E-state index is 14.0. The highest BCUT2D eigenvalue weighted by Crippen LogP contribution is 2.43. The Morgan fingerprint density at radius 3 is 1.41 bits per heavy atom. The van der Waals surface area contributed by atoms with Crippen molar-refractivity contribution in [3.63, 3.8) is 0 Å². The van der Waals surface area contributed by atoms with Gasteiger partial charge >= 0.3 is 18.5 Å². The largest absolute Gasteiger partial charge is 0.416 e. The summed E-state index contributed by atoms with van der Waals surface area (Å²) in [5.41, 5.74) is 0.0887. The first-order valence-corrected chi connectivity index (χ1v) is 18.6. The van der Waals surface area contributed by atoms with Crippen LogP contribution in [0.15, 0.2) is 164 Å². The van der Waals surface area contributed by atoms with Gasteiger partial charge in [0.2, 0.25) is 0 Å². The van der Waals surface area contributed by atoms with Crippen LogP contribution in [-0.2, 0) is 18.5 Å². The highest BCUT2D eigenvalue weighted by Gasteiger charge is 2.37. The van der Waals surface area contributed by atoms with E-state index < -0.39 is 35.2 Å². The highest BCUT2D eigenvalue weighted by atomic mass is 19.4. The van der Waals surface area contributed by atoms with Crippen molar-refractivity contribution in [1.82, 2.24) is 19.5 Å². The average molecular weight is 831 g/mol. The van der Waals surface area contributed by atoms with Crippen LogP contribution in [0, 0.1) is 0 Å². The van der Waals surface area contributed by atoms with Crippen molar-refractivity contribution >= 4 is 21.8 Å². The second-order valence-corrected chi connectivity index (χ2v) is 14.2. The van der Waals surface area contributed by atoms with Crippen molar-refractivity contribution in [2.24, 2.45) is 0 Å². The van der Waals surface area contributed by atoms with Gasteiger partial charge in [-0.1, -0.05) is 103 Å². The Hall–Kier alpha value is -7.28. The Labute approximate surface area is 341 Å². The summed E-state index contributed by atoms with van der Waals surface area (Å²) in [6, 6.07) is 41.5. The van der Waals surface area contributed by atoms with Crippen LogP contribution in [0.25, 0.3) is 83.9 Å². The van der Waals surface area contributed by atoms with Crippen LogP contribution < -0.4 is 0 Å². The van der Waals surface area contributed by atoms with Crippen molar-refractivity contribution in [3.8, 4) is 62.1 Å². The van der Waals surface area contributed by atoms with Crippen molar-refractivity contribution in [2.75, 3.05) is 0 Å². The van der Waals surface area contributed by atoms with Crippen LogP contribution in [0.4, 0.5) is 39.5 Å². The molecular formula is C48H27F9N4. The maximum Gasteiger partial charge on any atom is 0.416 e. The molecule has 2 aromatic heterocycles. The third-order valence-electron chi connectivity index (χ3n) is 10.3. The smallest absolute Gasteiger partial charge is 0.308 e. The molecule has 0 atom stereocenters. The van der Waals surface area contributed by atoms with Crippen LogP contribution in [0.2, 0.25) is 0 Å². The molecule has 302 valence electrons. The number of hydrogen-bond donors (Lipinski definition) is 0. The summed E-state index contributed by atoms with van der Waals surface area (Å²) < 4.78 is 127. The molecule has 0 amide bonds. The lowest BCUT2D eigenvalue weighted by Crippen LogP contribution is -2.11. The molecule has 0 aliphatic rings. The topological polar surface area (TPSA) is 43.6 Å². The molecular weight excluding hydrogens is 804 g/mol. The number of fused-ring (bicyclic) bond motifs is 3. The lowest BCUT2D eigenvalue weighted by molar-refractivity contribution is -0.143. The van der Waals surface area contributed by atoms with E-state index in [1.165, 1.54) is 18.2 Å². The van der Waals surface area contributed by atoms with E-state index >= 15 is 0 Å². The molecule has 0 N–H and O–H groups in total. The fourth-order valence-corrected chi connectivity index (χ4v) is 7.42. The minimum Gasteiger partial charge on any atom is -0.308 e. The minimum absolute atomic E-state index is 0.0837. The van der Waals surface area contributed by atoms with Crippen LogP contribution in [0.5, 0.6) is 0 Å². The number of para-hydroxylation sites is 1. The van der Waals surface area contributed by atoms with Gasteiger partial charge in [0.05, 0.1) is 33.4 Å². The number of benzene rings is 7. The molecule has 2 heterocycles. The molecule has 61 heavy (non-hydrogen) atoms. The summed E-state index contributed by atoms with van der Waals surface area (Å²) in [6.07, 6.45) is -14.7. The molecule has 0 saturated carbocycles. The zero-order chi connectivity index (χ0) is 42.7. The quantitative estimate of drug-likeness (QED) is 0.157. The normalized spacial score (nSPS) is 12.3. The van der Waals surface area contributed by atoms with Crippen molar-refractivity contribution in [3.05, 3.63) is 180 Å². The first-order chi connectivity index (χ1) is 29.1. The van der Waals surface area contributed by atoms with Gasteiger partial charge in [-0.15, -0.1) is 0 Å². The van der Waals surface area contributed by atoms with Crippen LogP contribution in [0.1, 0.15) is 16.7 Å². The molecule has 0 bridgehead atoms. The second-order valence-electron chi connectivity index (χ2n) is 14.2. The molecule has 0 aliphatic heterocycles. The number of rotatable bonds is 6. The van der Waals surface area contributed by atoms with Gasteiger partial charge in [-0.3, -0.25) is 0 Å². The first-order valence-electron chi connectivity index (χ1n) is 18.6. The van der Waals surface area contributed by atoms with E-state index in [1.54, 1.807) is 54.6 Å². The Morgan fingerprint density at radius 1 is 0.328 bits per heavy atom. The van der Waals surface area contributed by atoms with Gasteiger partial charge in [-0.25, -0.2) is 15.0 Å². The number of aromatic nitrogens is 4. The van der Waals surface area contributed by atoms with Gasteiger partial charge in [0.15, 0.2) is 17.5 Å². The predicted molar refractivity (Wildman–Crippen MR) is 216 cm³/mol. The van der Waals surface area contributed by atoms with Crippen molar-refractivity contribution in [2.45, 2.75) is 18.5 Å². The third kappa shape index (κ3) is 7.58. The molecule has 0 aliphatic carbocycles. The Balaban J connectivity index is 1.32. The van der Waals surface area contributed by atoms with Gasteiger partial charge < -0.3 is 4.57 Å². The van der Waals surface area contributed by atoms with E-state index in [1.807, 2.05) is 65.2 Å². The lowest BCUT2D eigenvalue weighted by Gasteiger charge is -2.17. The van der Waals surface area contributed by atoms with Gasteiger partial charge in [0, 0.05) is 27.5 Å². The molecule has 0 unspecified atom stereocenters. The molecule has 4 nitrogen and oxygen atoms in total. The van der Waals surface area contributed by atoms with E-state index in [9.17, 15) is 39.5 Å². The average Bonchev–Trinajstić information content (AvgIpc) is 3.59. The number of alkyl halides is 9. The van der Waals surface area contributed by atoms with Crippen LogP contribution in [-0.4, -0.2) is 19.5 Å². The molecule has 13 heteroatoms. The maximum atomic E-state index is 14.0. The Kier molecular flexibility index (Phi) is 9.49. The molecule has 9 aromatic rings. The Morgan fingerprint density at radius 2 is 0.803 bits per heavy atom. The first kappa shape index (κ1) is 39.2. The number of halogens is 9. The summed E-state index contributed by atoms with van der Waals surface area (Å²) in [5, 5.41) is 1.09. The second kappa shape index (κ2) is 14.8. The zero-order valence-corrected chi connectivity index (χ0v) is 31.3. The fourth-order valence-electron chi connectivity index (χ4n) is 7.42. The minimum atomic E-state index is -5.05. The van der Waals surface area contributed by atoms with E-state index in [0.29, 0.717) is 73.5 Å². The van der Waals surface area contributed by atoms with Crippen LogP contribution in [0.3, 0.4) is 0 Å². The van der Waals surface area contributed by atoms with Crippen molar-refractivity contribution < 1.29 is 39.5 Å². The molecule has 9 rings (SSSR count). The van der Waals surface area contributed by atoms with Crippen LogP contribution >= 0.6 is 0 Å². The number of hydrogen-bond acceptors (Lipinski definition) is 3. The fraction of sp³-hybridized carbons (Fsp3) is 0.0625. The molecule has 0 spiro atoms. The summed E-state index contributed by atoms with van der Waals surface area (Å²) in [7, 11) is 0. The SMILES string of the molecule is FC(F)(F)c1cccc(-c2ccc(-c3nc(-c4ccccc4)nc(-c4ccccc4)n3)c(-n3c4ccccc4c4cc(-c5cc(C(F)(F)F)cc(C(F)(F)F)c5)ccc43)c2)c1.